The summed E-state index contributed by atoms with van der Waals surface area (Å²) in [6, 6.07) is -0.555. The van der Waals surface area contributed by atoms with Crippen molar-refractivity contribution < 1.29 is 14.7 Å². The summed E-state index contributed by atoms with van der Waals surface area (Å²) < 4.78 is 0. The molecule has 94 valence electrons. The number of carbonyl (C=O) groups is 2. The fourth-order valence-electron chi connectivity index (χ4n) is 1.28. The molecule has 0 heterocycles. The van der Waals surface area contributed by atoms with Gasteiger partial charge in [-0.25, -0.2) is 0 Å². The van der Waals surface area contributed by atoms with E-state index in [-0.39, 0.29) is 18.4 Å². The molecule has 0 aromatic heterocycles. The molecule has 0 bridgehead atoms. The van der Waals surface area contributed by atoms with E-state index in [0.29, 0.717) is 6.54 Å². The first-order chi connectivity index (χ1) is 7.31. The molecule has 0 radical (unpaired) electrons. The molecule has 1 amide bonds. The molecule has 0 spiro atoms. The molecule has 5 heteroatoms. The van der Waals surface area contributed by atoms with Crippen molar-refractivity contribution in [3.63, 3.8) is 0 Å². The van der Waals surface area contributed by atoms with E-state index in [1.807, 2.05) is 20.8 Å². The largest absolute Gasteiger partial charge is 0.481 e. The standard InChI is InChI=1S/C11H22N2O3/c1-5-13(6-8(4)11(15)16)10(14)9(12)7(2)3/h7-9H,5-6,12H2,1-4H3,(H,15,16). The molecule has 0 fully saturated rings. The molecule has 16 heavy (non-hydrogen) atoms. The highest BCUT2D eigenvalue weighted by Gasteiger charge is 2.25. The van der Waals surface area contributed by atoms with Crippen molar-refractivity contribution in [2.24, 2.45) is 17.6 Å². The maximum atomic E-state index is 11.9. The van der Waals surface area contributed by atoms with Gasteiger partial charge in [0.25, 0.3) is 0 Å². The van der Waals surface area contributed by atoms with Crippen molar-refractivity contribution in [2.75, 3.05) is 13.1 Å². The second-order valence-electron chi connectivity index (χ2n) is 4.39. The first-order valence-corrected chi connectivity index (χ1v) is 5.58. The minimum Gasteiger partial charge on any atom is -0.481 e. The Bertz CT molecular complexity index is 254. The van der Waals surface area contributed by atoms with E-state index in [9.17, 15) is 9.59 Å². The molecule has 3 N–H and O–H groups in total. The third-order valence-corrected chi connectivity index (χ3v) is 2.61. The number of hydrogen-bond donors (Lipinski definition) is 2. The van der Waals surface area contributed by atoms with E-state index in [2.05, 4.69) is 0 Å². The predicted octanol–water partition coefficient (Wildman–Crippen LogP) is 0.539. The Balaban J connectivity index is 4.50. The van der Waals surface area contributed by atoms with Crippen molar-refractivity contribution in [1.29, 1.82) is 0 Å². The van der Waals surface area contributed by atoms with Crippen LogP contribution in [0.15, 0.2) is 0 Å². The number of nitrogens with two attached hydrogens (primary N) is 1. The fourth-order valence-corrected chi connectivity index (χ4v) is 1.28. The lowest BCUT2D eigenvalue weighted by molar-refractivity contribution is -0.143. The lowest BCUT2D eigenvalue weighted by Crippen LogP contribution is -2.48. The second-order valence-corrected chi connectivity index (χ2v) is 4.39. The van der Waals surface area contributed by atoms with Gasteiger partial charge in [0.1, 0.15) is 0 Å². The van der Waals surface area contributed by atoms with Crippen LogP contribution in [0.5, 0.6) is 0 Å². The number of nitrogens with zero attached hydrogens (tertiary/aromatic N) is 1. The van der Waals surface area contributed by atoms with Gasteiger partial charge in [0.2, 0.25) is 5.91 Å². The van der Waals surface area contributed by atoms with Crippen molar-refractivity contribution in [3.05, 3.63) is 0 Å². The van der Waals surface area contributed by atoms with Crippen LogP contribution in [-0.4, -0.2) is 41.0 Å². The van der Waals surface area contributed by atoms with Gasteiger partial charge >= 0.3 is 5.97 Å². The molecule has 0 aromatic rings. The number of amides is 1. The normalized spacial score (nSPS) is 14.6. The predicted molar refractivity (Wildman–Crippen MR) is 61.9 cm³/mol. The van der Waals surface area contributed by atoms with Gasteiger partial charge in [0, 0.05) is 13.1 Å². The Morgan fingerprint density at radius 3 is 2.12 bits per heavy atom. The number of carbonyl (C=O) groups excluding carboxylic acids is 1. The Labute approximate surface area is 96.6 Å². The Morgan fingerprint density at radius 1 is 1.31 bits per heavy atom. The van der Waals surface area contributed by atoms with Gasteiger partial charge in [-0.15, -0.1) is 0 Å². The summed E-state index contributed by atoms with van der Waals surface area (Å²) in [5.41, 5.74) is 5.75. The molecule has 0 aliphatic heterocycles. The van der Waals surface area contributed by atoms with Gasteiger partial charge in [0.15, 0.2) is 0 Å². The van der Waals surface area contributed by atoms with Crippen molar-refractivity contribution in [2.45, 2.75) is 33.7 Å². The first-order valence-electron chi connectivity index (χ1n) is 5.58. The van der Waals surface area contributed by atoms with E-state index in [4.69, 9.17) is 10.8 Å². The van der Waals surface area contributed by atoms with E-state index in [0.717, 1.165) is 0 Å². The highest BCUT2D eigenvalue weighted by Crippen LogP contribution is 2.06. The summed E-state index contributed by atoms with van der Waals surface area (Å²) in [4.78, 5) is 24.1. The average Bonchev–Trinajstić information content (AvgIpc) is 2.22. The summed E-state index contributed by atoms with van der Waals surface area (Å²) in [6.07, 6.45) is 0. The van der Waals surface area contributed by atoms with E-state index in [1.165, 1.54) is 4.90 Å². The van der Waals surface area contributed by atoms with Crippen LogP contribution in [0.3, 0.4) is 0 Å². The zero-order valence-corrected chi connectivity index (χ0v) is 10.4. The zero-order chi connectivity index (χ0) is 12.9. The molecule has 0 aromatic carbocycles. The Hall–Kier alpha value is -1.10. The number of hydrogen-bond acceptors (Lipinski definition) is 3. The lowest BCUT2D eigenvalue weighted by Gasteiger charge is -2.27. The molecule has 0 aliphatic carbocycles. The summed E-state index contributed by atoms with van der Waals surface area (Å²) in [7, 11) is 0. The molecule has 0 rings (SSSR count). The maximum Gasteiger partial charge on any atom is 0.308 e. The van der Waals surface area contributed by atoms with Crippen LogP contribution in [0.25, 0.3) is 0 Å². The topological polar surface area (TPSA) is 83.6 Å². The number of aliphatic carboxylic acids is 1. The van der Waals surface area contributed by atoms with Crippen LogP contribution in [0.4, 0.5) is 0 Å². The highest BCUT2D eigenvalue weighted by molar-refractivity contribution is 5.82. The molecule has 2 atom stereocenters. The minimum absolute atomic E-state index is 0.0571. The SMILES string of the molecule is CCN(CC(C)C(=O)O)C(=O)C(N)C(C)C. The third-order valence-electron chi connectivity index (χ3n) is 2.61. The average molecular weight is 230 g/mol. The minimum atomic E-state index is -0.899. The fraction of sp³-hybridized carbons (Fsp3) is 0.818. The number of rotatable bonds is 6. The number of carboxylic acid groups (broad SMARTS) is 1. The summed E-state index contributed by atoms with van der Waals surface area (Å²) in [6.45, 7) is 7.84. The molecule has 0 aliphatic rings. The molecule has 0 saturated heterocycles. The van der Waals surface area contributed by atoms with Gasteiger partial charge in [-0.1, -0.05) is 20.8 Å². The smallest absolute Gasteiger partial charge is 0.308 e. The monoisotopic (exact) mass is 230 g/mol. The molecule has 0 saturated carbocycles. The van der Waals surface area contributed by atoms with Crippen LogP contribution >= 0.6 is 0 Å². The summed E-state index contributed by atoms with van der Waals surface area (Å²) in [5.74, 6) is -1.58. The van der Waals surface area contributed by atoms with Crippen LogP contribution in [0, 0.1) is 11.8 Å². The molecule has 2 unspecified atom stereocenters. The van der Waals surface area contributed by atoms with Gasteiger partial charge in [-0.3, -0.25) is 9.59 Å². The molecule has 5 nitrogen and oxygen atoms in total. The van der Waals surface area contributed by atoms with Crippen molar-refractivity contribution >= 4 is 11.9 Å². The van der Waals surface area contributed by atoms with Crippen molar-refractivity contribution in [1.82, 2.24) is 4.90 Å². The third kappa shape index (κ3) is 4.18. The van der Waals surface area contributed by atoms with Crippen LogP contribution in [0.1, 0.15) is 27.7 Å². The van der Waals surface area contributed by atoms with Crippen LogP contribution in [-0.2, 0) is 9.59 Å². The quantitative estimate of drug-likeness (QED) is 0.697. The number of likely N-dealkylation sites (N-methyl/N-ethyl adjacent to an activating group) is 1. The Morgan fingerprint density at radius 2 is 1.81 bits per heavy atom. The lowest BCUT2D eigenvalue weighted by atomic mass is 10.0. The summed E-state index contributed by atoms with van der Waals surface area (Å²) >= 11 is 0. The van der Waals surface area contributed by atoms with Gasteiger partial charge in [0.05, 0.1) is 12.0 Å². The second kappa shape index (κ2) is 6.48. The van der Waals surface area contributed by atoms with Gasteiger partial charge in [-0.2, -0.15) is 0 Å². The first kappa shape index (κ1) is 14.9. The van der Waals surface area contributed by atoms with Gasteiger partial charge in [-0.05, 0) is 12.8 Å². The molecular weight excluding hydrogens is 208 g/mol. The maximum absolute atomic E-state index is 11.9. The van der Waals surface area contributed by atoms with E-state index in [1.54, 1.807) is 6.92 Å². The number of carboxylic acids is 1. The van der Waals surface area contributed by atoms with Crippen LogP contribution < -0.4 is 5.73 Å². The summed E-state index contributed by atoms with van der Waals surface area (Å²) in [5, 5.41) is 8.79. The Kier molecular flexibility index (Phi) is 6.03. The zero-order valence-electron chi connectivity index (χ0n) is 10.4. The van der Waals surface area contributed by atoms with E-state index < -0.39 is 17.9 Å². The van der Waals surface area contributed by atoms with Gasteiger partial charge < -0.3 is 15.7 Å². The molecular formula is C11H22N2O3. The van der Waals surface area contributed by atoms with E-state index >= 15 is 0 Å². The highest BCUT2D eigenvalue weighted by atomic mass is 16.4. The van der Waals surface area contributed by atoms with Crippen LogP contribution in [0.2, 0.25) is 0 Å². The van der Waals surface area contributed by atoms with Crippen molar-refractivity contribution in [3.8, 4) is 0 Å².